The van der Waals surface area contributed by atoms with Gasteiger partial charge in [-0.2, -0.15) is 0 Å². The predicted octanol–water partition coefficient (Wildman–Crippen LogP) is 3.03. The van der Waals surface area contributed by atoms with E-state index in [0.29, 0.717) is 0 Å². The zero-order valence-electron chi connectivity index (χ0n) is 11.6. The first-order chi connectivity index (χ1) is 7.67. The van der Waals surface area contributed by atoms with Crippen LogP contribution in [-0.2, 0) is 0 Å². The van der Waals surface area contributed by atoms with Crippen molar-refractivity contribution < 1.29 is 0 Å². The van der Waals surface area contributed by atoms with Crippen LogP contribution in [0.15, 0.2) is 0 Å². The van der Waals surface area contributed by atoms with Crippen molar-refractivity contribution in [1.82, 2.24) is 10.2 Å². The van der Waals surface area contributed by atoms with E-state index < -0.39 is 0 Å². The average Bonchev–Trinajstić information content (AvgIpc) is 2.67. The second-order valence-corrected chi connectivity index (χ2v) is 5.57. The monoisotopic (exact) mass is 226 g/mol. The Hall–Kier alpha value is -0.0800. The number of hydrogen-bond donors (Lipinski definition) is 1. The van der Waals surface area contributed by atoms with Crippen molar-refractivity contribution >= 4 is 0 Å². The van der Waals surface area contributed by atoms with Gasteiger partial charge in [0.05, 0.1) is 0 Å². The molecule has 0 amide bonds. The molecule has 0 heterocycles. The number of nitrogens with one attached hydrogen (secondary N) is 1. The molecule has 16 heavy (non-hydrogen) atoms. The maximum Gasteiger partial charge on any atom is 0.0105 e. The van der Waals surface area contributed by atoms with Crippen molar-refractivity contribution in [3.05, 3.63) is 0 Å². The van der Waals surface area contributed by atoms with Crippen LogP contribution in [0, 0.1) is 0 Å². The lowest BCUT2D eigenvalue weighted by Gasteiger charge is -2.23. The van der Waals surface area contributed by atoms with Crippen LogP contribution >= 0.6 is 0 Å². The summed E-state index contributed by atoms with van der Waals surface area (Å²) in [4.78, 5) is 2.39. The van der Waals surface area contributed by atoms with Crippen molar-refractivity contribution in [2.24, 2.45) is 0 Å². The van der Waals surface area contributed by atoms with Crippen molar-refractivity contribution in [2.75, 3.05) is 14.1 Å². The van der Waals surface area contributed by atoms with Gasteiger partial charge in [0.15, 0.2) is 0 Å². The summed E-state index contributed by atoms with van der Waals surface area (Å²) >= 11 is 0. The second kappa shape index (κ2) is 7.29. The van der Waals surface area contributed by atoms with Crippen LogP contribution < -0.4 is 5.32 Å². The van der Waals surface area contributed by atoms with Crippen molar-refractivity contribution in [1.29, 1.82) is 0 Å². The van der Waals surface area contributed by atoms with E-state index in [1.54, 1.807) is 0 Å². The molecule has 1 aliphatic rings. The van der Waals surface area contributed by atoms with Crippen molar-refractivity contribution in [3.8, 4) is 0 Å². The summed E-state index contributed by atoms with van der Waals surface area (Å²) in [5, 5.41) is 3.88. The molecule has 2 unspecified atom stereocenters. The number of nitrogens with zero attached hydrogens (tertiary/aromatic N) is 1. The first-order valence-electron chi connectivity index (χ1n) is 7.09. The zero-order valence-corrected chi connectivity index (χ0v) is 11.6. The Balaban J connectivity index is 2.30. The number of hydrogen-bond acceptors (Lipinski definition) is 2. The summed E-state index contributed by atoms with van der Waals surface area (Å²) in [7, 11) is 4.42. The minimum Gasteiger partial charge on any atom is -0.311 e. The first-order valence-corrected chi connectivity index (χ1v) is 7.09. The molecule has 0 spiro atoms. The van der Waals surface area contributed by atoms with E-state index in [1.807, 2.05) is 0 Å². The Morgan fingerprint density at radius 2 is 1.75 bits per heavy atom. The van der Waals surface area contributed by atoms with Crippen LogP contribution in [0.5, 0.6) is 0 Å². The highest BCUT2D eigenvalue weighted by molar-refractivity contribution is 4.86. The number of rotatable bonds is 7. The fourth-order valence-corrected chi connectivity index (χ4v) is 2.92. The lowest BCUT2D eigenvalue weighted by Crippen LogP contribution is -2.38. The van der Waals surface area contributed by atoms with Gasteiger partial charge in [-0.1, -0.05) is 26.7 Å². The summed E-state index contributed by atoms with van der Waals surface area (Å²) in [6.07, 6.45) is 9.39. The van der Waals surface area contributed by atoms with Gasteiger partial charge < -0.3 is 10.2 Å². The molecule has 2 nitrogen and oxygen atoms in total. The Labute approximate surface area is 102 Å². The first kappa shape index (κ1) is 14.0. The van der Waals surface area contributed by atoms with Gasteiger partial charge in [-0.05, 0) is 46.2 Å². The van der Waals surface area contributed by atoms with E-state index in [1.165, 1.54) is 44.9 Å². The lowest BCUT2D eigenvalue weighted by atomic mass is 10.0. The third-order valence-corrected chi connectivity index (χ3v) is 3.88. The fourth-order valence-electron chi connectivity index (χ4n) is 2.92. The van der Waals surface area contributed by atoms with Crippen molar-refractivity contribution in [3.63, 3.8) is 0 Å². The smallest absolute Gasteiger partial charge is 0.0105 e. The molecule has 1 aliphatic carbocycles. The van der Waals surface area contributed by atoms with Crippen LogP contribution in [0.2, 0.25) is 0 Å². The molecular formula is C14H30N2. The normalized spacial score (nSPS) is 25.9. The van der Waals surface area contributed by atoms with Gasteiger partial charge in [0.2, 0.25) is 0 Å². The van der Waals surface area contributed by atoms with Gasteiger partial charge in [0.1, 0.15) is 0 Å². The Kier molecular flexibility index (Phi) is 6.37. The third-order valence-electron chi connectivity index (χ3n) is 3.88. The van der Waals surface area contributed by atoms with E-state index in [0.717, 1.165) is 18.1 Å². The van der Waals surface area contributed by atoms with Gasteiger partial charge in [-0.15, -0.1) is 0 Å². The van der Waals surface area contributed by atoms with Gasteiger partial charge in [0, 0.05) is 18.1 Å². The molecule has 96 valence electrons. The Morgan fingerprint density at radius 1 is 1.12 bits per heavy atom. The van der Waals surface area contributed by atoms with Crippen LogP contribution in [0.1, 0.15) is 58.8 Å². The van der Waals surface area contributed by atoms with Crippen LogP contribution in [0.25, 0.3) is 0 Å². The molecule has 1 saturated carbocycles. The van der Waals surface area contributed by atoms with Crippen molar-refractivity contribution in [2.45, 2.75) is 76.9 Å². The van der Waals surface area contributed by atoms with Crippen LogP contribution in [-0.4, -0.2) is 37.1 Å². The van der Waals surface area contributed by atoms with E-state index in [9.17, 15) is 0 Å². The standard InChI is InChI=1S/C14H30N2/c1-5-7-12(8-6-2)15-13-9-10-14(11-13)16(3)4/h12-15H,5-11H2,1-4H3. The van der Waals surface area contributed by atoms with Gasteiger partial charge in [0.25, 0.3) is 0 Å². The summed E-state index contributed by atoms with van der Waals surface area (Å²) < 4.78 is 0. The fraction of sp³-hybridized carbons (Fsp3) is 1.00. The average molecular weight is 226 g/mol. The molecule has 0 radical (unpaired) electrons. The molecule has 0 saturated heterocycles. The van der Waals surface area contributed by atoms with Crippen LogP contribution in [0.4, 0.5) is 0 Å². The van der Waals surface area contributed by atoms with E-state index in [2.05, 4.69) is 38.2 Å². The van der Waals surface area contributed by atoms with Gasteiger partial charge in [-0.3, -0.25) is 0 Å². The molecular weight excluding hydrogens is 196 g/mol. The predicted molar refractivity (Wildman–Crippen MR) is 71.9 cm³/mol. The minimum atomic E-state index is 0.765. The molecule has 0 aromatic carbocycles. The summed E-state index contributed by atoms with van der Waals surface area (Å²) in [5.41, 5.74) is 0. The minimum absolute atomic E-state index is 0.765. The zero-order chi connectivity index (χ0) is 12.0. The van der Waals surface area contributed by atoms with E-state index >= 15 is 0 Å². The highest BCUT2D eigenvalue weighted by atomic mass is 15.1. The van der Waals surface area contributed by atoms with E-state index in [4.69, 9.17) is 0 Å². The lowest BCUT2D eigenvalue weighted by molar-refractivity contribution is 0.288. The third kappa shape index (κ3) is 4.42. The summed E-state index contributed by atoms with van der Waals surface area (Å²) in [5.74, 6) is 0. The molecule has 1 rings (SSSR count). The Morgan fingerprint density at radius 3 is 2.19 bits per heavy atom. The van der Waals surface area contributed by atoms with Gasteiger partial charge >= 0.3 is 0 Å². The second-order valence-electron chi connectivity index (χ2n) is 5.57. The molecule has 1 N–H and O–H groups in total. The van der Waals surface area contributed by atoms with E-state index in [-0.39, 0.29) is 0 Å². The Bertz CT molecular complexity index is 174. The molecule has 0 aromatic heterocycles. The maximum atomic E-state index is 3.88. The quantitative estimate of drug-likeness (QED) is 0.718. The summed E-state index contributed by atoms with van der Waals surface area (Å²) in [6.45, 7) is 4.59. The molecule has 0 bridgehead atoms. The SMILES string of the molecule is CCCC(CCC)NC1CCC(N(C)C)C1. The molecule has 1 fully saturated rings. The molecule has 0 aliphatic heterocycles. The van der Waals surface area contributed by atoms with Crippen LogP contribution in [0.3, 0.4) is 0 Å². The van der Waals surface area contributed by atoms with Gasteiger partial charge in [-0.25, -0.2) is 0 Å². The maximum absolute atomic E-state index is 3.88. The molecule has 2 atom stereocenters. The highest BCUT2D eigenvalue weighted by Gasteiger charge is 2.26. The highest BCUT2D eigenvalue weighted by Crippen LogP contribution is 2.23. The molecule has 2 heteroatoms. The molecule has 0 aromatic rings. The summed E-state index contributed by atoms with van der Waals surface area (Å²) in [6, 6.07) is 2.35. The topological polar surface area (TPSA) is 15.3 Å². The largest absolute Gasteiger partial charge is 0.311 e.